The number of hydrogen-bond acceptors (Lipinski definition) is 2. The van der Waals surface area contributed by atoms with Gasteiger partial charge in [0.1, 0.15) is 0 Å². The maximum Gasteiger partial charge on any atom is 0.0458 e. The SMILES string of the molecule is [N-]=[N+]=N[C@H]1CCCCC[C@H]1N=[N+]=[N-]. The first-order chi connectivity index (χ1) is 6.38. The molecular formula is C7H12N6. The van der Waals surface area contributed by atoms with Crippen molar-refractivity contribution < 1.29 is 0 Å². The molecule has 2 atom stereocenters. The molecule has 0 bridgehead atoms. The molecule has 1 fully saturated rings. The van der Waals surface area contributed by atoms with Crippen LogP contribution in [-0.4, -0.2) is 12.1 Å². The van der Waals surface area contributed by atoms with Gasteiger partial charge in [-0.2, -0.15) is 0 Å². The molecule has 13 heavy (non-hydrogen) atoms. The maximum atomic E-state index is 8.32. The molecule has 6 nitrogen and oxygen atoms in total. The first-order valence-electron chi connectivity index (χ1n) is 4.47. The highest BCUT2D eigenvalue weighted by Gasteiger charge is 2.21. The van der Waals surface area contributed by atoms with E-state index in [1.807, 2.05) is 0 Å². The predicted molar refractivity (Wildman–Crippen MR) is 49.0 cm³/mol. The summed E-state index contributed by atoms with van der Waals surface area (Å²) in [5.74, 6) is 0. The molecule has 0 aromatic carbocycles. The van der Waals surface area contributed by atoms with Gasteiger partial charge in [0.25, 0.3) is 0 Å². The monoisotopic (exact) mass is 180 g/mol. The predicted octanol–water partition coefficient (Wildman–Crippen LogP) is 3.31. The normalized spacial score (nSPS) is 28.0. The lowest BCUT2D eigenvalue weighted by Gasteiger charge is -2.13. The minimum absolute atomic E-state index is 0.136. The van der Waals surface area contributed by atoms with E-state index in [4.69, 9.17) is 11.1 Å². The van der Waals surface area contributed by atoms with Crippen LogP contribution in [0.15, 0.2) is 10.2 Å². The van der Waals surface area contributed by atoms with Crippen LogP contribution in [0.3, 0.4) is 0 Å². The van der Waals surface area contributed by atoms with E-state index in [1.54, 1.807) is 0 Å². The second kappa shape index (κ2) is 5.30. The lowest BCUT2D eigenvalue weighted by Crippen LogP contribution is -2.19. The van der Waals surface area contributed by atoms with E-state index in [1.165, 1.54) is 0 Å². The number of rotatable bonds is 2. The van der Waals surface area contributed by atoms with Crippen LogP contribution in [0.1, 0.15) is 32.1 Å². The van der Waals surface area contributed by atoms with Crippen LogP contribution in [0.25, 0.3) is 20.9 Å². The van der Waals surface area contributed by atoms with Gasteiger partial charge < -0.3 is 0 Å². The summed E-state index contributed by atoms with van der Waals surface area (Å²) in [7, 11) is 0. The highest BCUT2D eigenvalue weighted by Crippen LogP contribution is 2.23. The topological polar surface area (TPSA) is 97.5 Å². The van der Waals surface area contributed by atoms with Crippen LogP contribution < -0.4 is 0 Å². The lowest BCUT2D eigenvalue weighted by atomic mass is 10.1. The highest BCUT2D eigenvalue weighted by atomic mass is 15.2. The fraction of sp³-hybridized carbons (Fsp3) is 1.00. The van der Waals surface area contributed by atoms with Crippen molar-refractivity contribution in [2.45, 2.75) is 44.2 Å². The van der Waals surface area contributed by atoms with Crippen molar-refractivity contribution in [2.75, 3.05) is 0 Å². The molecule has 1 rings (SSSR count). The number of nitrogens with zero attached hydrogens (tertiary/aromatic N) is 6. The molecule has 1 aliphatic rings. The molecule has 0 spiro atoms. The minimum Gasteiger partial charge on any atom is -0.0902 e. The summed E-state index contributed by atoms with van der Waals surface area (Å²) in [5, 5.41) is 7.32. The van der Waals surface area contributed by atoms with Crippen molar-refractivity contribution in [3.63, 3.8) is 0 Å². The van der Waals surface area contributed by atoms with Crippen LogP contribution in [0, 0.1) is 0 Å². The van der Waals surface area contributed by atoms with E-state index in [0.29, 0.717) is 0 Å². The quantitative estimate of drug-likeness (QED) is 0.269. The van der Waals surface area contributed by atoms with Gasteiger partial charge in [-0.25, -0.2) is 0 Å². The average Bonchev–Trinajstić information content (AvgIpc) is 2.33. The van der Waals surface area contributed by atoms with Crippen LogP contribution in [0.2, 0.25) is 0 Å². The number of azide groups is 2. The standard InChI is InChI=1S/C7H12N6/c8-12-10-6-4-2-1-3-5-7(6)11-13-9/h6-7H,1-5H2/t6-,7+. The Labute approximate surface area is 76.2 Å². The van der Waals surface area contributed by atoms with Crippen molar-refractivity contribution in [2.24, 2.45) is 10.2 Å². The summed E-state index contributed by atoms with van der Waals surface area (Å²) in [5.41, 5.74) is 16.6. The molecule has 0 aliphatic heterocycles. The molecule has 1 aliphatic carbocycles. The Hall–Kier alpha value is -1.38. The average molecular weight is 180 g/mol. The van der Waals surface area contributed by atoms with E-state index < -0.39 is 0 Å². The van der Waals surface area contributed by atoms with Gasteiger partial charge in [-0.05, 0) is 23.9 Å². The smallest absolute Gasteiger partial charge is 0.0458 e. The van der Waals surface area contributed by atoms with Crippen LogP contribution >= 0.6 is 0 Å². The molecule has 1 saturated carbocycles. The molecule has 0 saturated heterocycles. The number of hydrogen-bond donors (Lipinski definition) is 0. The molecule has 0 amide bonds. The first kappa shape index (κ1) is 9.71. The Morgan fingerprint density at radius 2 is 1.31 bits per heavy atom. The summed E-state index contributed by atoms with van der Waals surface area (Å²) in [4.78, 5) is 5.55. The second-order valence-corrected chi connectivity index (χ2v) is 3.18. The Morgan fingerprint density at radius 1 is 0.846 bits per heavy atom. The van der Waals surface area contributed by atoms with Gasteiger partial charge in [0.2, 0.25) is 0 Å². The summed E-state index contributed by atoms with van der Waals surface area (Å²) in [6.07, 6.45) is 4.93. The Balaban J connectivity index is 2.71. The first-order valence-corrected chi connectivity index (χ1v) is 4.47. The minimum atomic E-state index is -0.136. The fourth-order valence-corrected chi connectivity index (χ4v) is 1.67. The molecular weight excluding hydrogens is 168 g/mol. The van der Waals surface area contributed by atoms with Crippen molar-refractivity contribution in [3.05, 3.63) is 20.9 Å². The van der Waals surface area contributed by atoms with E-state index in [0.717, 1.165) is 32.1 Å². The van der Waals surface area contributed by atoms with E-state index in [9.17, 15) is 0 Å². The molecule has 0 radical (unpaired) electrons. The highest BCUT2D eigenvalue weighted by molar-refractivity contribution is 4.85. The van der Waals surface area contributed by atoms with Crippen LogP contribution in [0.4, 0.5) is 0 Å². The van der Waals surface area contributed by atoms with Crippen molar-refractivity contribution >= 4 is 0 Å². The van der Waals surface area contributed by atoms with Crippen molar-refractivity contribution in [1.82, 2.24) is 0 Å². The Bertz CT molecular complexity index is 224. The van der Waals surface area contributed by atoms with Gasteiger partial charge in [-0.15, -0.1) is 0 Å². The van der Waals surface area contributed by atoms with E-state index in [-0.39, 0.29) is 12.1 Å². The zero-order chi connectivity index (χ0) is 9.52. The zero-order valence-electron chi connectivity index (χ0n) is 7.37. The summed E-state index contributed by atoms with van der Waals surface area (Å²) >= 11 is 0. The molecule has 0 N–H and O–H groups in total. The van der Waals surface area contributed by atoms with Crippen LogP contribution in [-0.2, 0) is 0 Å². The van der Waals surface area contributed by atoms with Gasteiger partial charge in [-0.3, -0.25) is 0 Å². The largest absolute Gasteiger partial charge is 0.0902 e. The Kier molecular flexibility index (Phi) is 3.96. The Morgan fingerprint density at radius 3 is 1.69 bits per heavy atom. The molecule has 0 heterocycles. The van der Waals surface area contributed by atoms with Gasteiger partial charge in [-0.1, -0.05) is 29.5 Å². The third kappa shape index (κ3) is 2.86. The van der Waals surface area contributed by atoms with Crippen LogP contribution in [0.5, 0.6) is 0 Å². The van der Waals surface area contributed by atoms with Gasteiger partial charge in [0.05, 0.1) is 0 Å². The van der Waals surface area contributed by atoms with Gasteiger partial charge in [0, 0.05) is 21.9 Å². The van der Waals surface area contributed by atoms with E-state index in [2.05, 4.69) is 20.1 Å². The zero-order valence-corrected chi connectivity index (χ0v) is 7.37. The van der Waals surface area contributed by atoms with Crippen molar-refractivity contribution in [1.29, 1.82) is 0 Å². The van der Waals surface area contributed by atoms with E-state index >= 15 is 0 Å². The lowest BCUT2D eigenvalue weighted by molar-refractivity contribution is 0.497. The molecule has 6 heteroatoms. The third-order valence-electron chi connectivity index (χ3n) is 2.34. The summed E-state index contributed by atoms with van der Waals surface area (Å²) < 4.78 is 0. The summed E-state index contributed by atoms with van der Waals surface area (Å²) in [6, 6.07) is -0.271. The summed E-state index contributed by atoms with van der Waals surface area (Å²) in [6.45, 7) is 0. The van der Waals surface area contributed by atoms with Crippen molar-refractivity contribution in [3.8, 4) is 0 Å². The second-order valence-electron chi connectivity index (χ2n) is 3.18. The molecule has 70 valence electrons. The molecule has 0 aromatic rings. The third-order valence-corrected chi connectivity index (χ3v) is 2.34. The van der Waals surface area contributed by atoms with Gasteiger partial charge in [0.15, 0.2) is 0 Å². The fourth-order valence-electron chi connectivity index (χ4n) is 1.67. The molecule has 0 aromatic heterocycles. The molecule has 0 unspecified atom stereocenters. The maximum absolute atomic E-state index is 8.32. The van der Waals surface area contributed by atoms with Gasteiger partial charge >= 0.3 is 0 Å².